The molecule has 2 atom stereocenters. The highest BCUT2D eigenvalue weighted by atomic mass is 28.4. The van der Waals surface area contributed by atoms with Crippen LogP contribution in [0.3, 0.4) is 0 Å². The van der Waals surface area contributed by atoms with Gasteiger partial charge in [-0.15, -0.1) is 0 Å². The second-order valence-electron chi connectivity index (χ2n) is 6.08. The van der Waals surface area contributed by atoms with Gasteiger partial charge in [-0.1, -0.05) is 19.4 Å². The molecule has 5 nitrogen and oxygen atoms in total. The van der Waals surface area contributed by atoms with Crippen molar-refractivity contribution in [2.24, 2.45) is 0 Å². The molecule has 1 aliphatic heterocycles. The Labute approximate surface area is 140 Å². The summed E-state index contributed by atoms with van der Waals surface area (Å²) in [7, 11) is 2.68. The molecule has 1 fully saturated rings. The number of hydrogen-bond donors (Lipinski definition) is 1. The van der Waals surface area contributed by atoms with Crippen LogP contribution in [-0.4, -0.2) is 41.2 Å². The molecule has 1 aromatic carbocycles. The third-order valence-corrected chi connectivity index (χ3v) is 9.31. The first-order valence-electron chi connectivity index (χ1n) is 8.25. The van der Waals surface area contributed by atoms with Crippen molar-refractivity contribution in [1.29, 1.82) is 0 Å². The minimum atomic E-state index is -2.54. The van der Waals surface area contributed by atoms with Crippen LogP contribution in [0.1, 0.15) is 32.6 Å². The highest BCUT2D eigenvalue weighted by Crippen LogP contribution is 2.44. The third kappa shape index (κ3) is 3.26. The molecule has 0 amide bonds. The molecule has 0 saturated carbocycles. The maximum atomic E-state index is 6.32. The maximum Gasteiger partial charge on any atom is 0.374 e. The topological polar surface area (TPSA) is 62.9 Å². The molecule has 2 unspecified atom stereocenters. The van der Waals surface area contributed by atoms with Crippen LogP contribution in [0.4, 0.5) is 5.69 Å². The average Bonchev–Trinajstić information content (AvgIpc) is 2.56. The lowest BCUT2D eigenvalue weighted by molar-refractivity contribution is -0.0847. The van der Waals surface area contributed by atoms with E-state index in [0.29, 0.717) is 5.69 Å². The summed E-state index contributed by atoms with van der Waals surface area (Å²) in [5.74, 6) is 0.768. The van der Waals surface area contributed by atoms with Crippen LogP contribution in [0.25, 0.3) is 0 Å². The van der Waals surface area contributed by atoms with E-state index in [2.05, 4.69) is 6.92 Å². The SMILES string of the molecule is CCCC1(OC)C(Oc2cccc(N)c2)CCC[Si]1(OC)OC. The Balaban J connectivity index is 2.38. The predicted octanol–water partition coefficient (Wildman–Crippen LogP) is 3.27. The number of nitrogens with two attached hydrogens (primary N) is 1. The Bertz CT molecular complexity index is 509. The monoisotopic (exact) mass is 339 g/mol. The zero-order chi connectivity index (χ0) is 16.9. The summed E-state index contributed by atoms with van der Waals surface area (Å²) in [6, 6.07) is 8.46. The molecule has 0 radical (unpaired) electrons. The Morgan fingerprint density at radius 1 is 1.26 bits per heavy atom. The van der Waals surface area contributed by atoms with Crippen LogP contribution in [0.2, 0.25) is 6.04 Å². The van der Waals surface area contributed by atoms with Gasteiger partial charge in [-0.05, 0) is 37.4 Å². The molecular weight excluding hydrogens is 310 g/mol. The van der Waals surface area contributed by atoms with Crippen LogP contribution in [0.15, 0.2) is 24.3 Å². The van der Waals surface area contributed by atoms with Crippen molar-refractivity contribution >= 4 is 14.2 Å². The second-order valence-corrected chi connectivity index (χ2v) is 9.74. The molecule has 1 aliphatic rings. The van der Waals surface area contributed by atoms with Crippen LogP contribution in [0, 0.1) is 0 Å². The summed E-state index contributed by atoms with van der Waals surface area (Å²) >= 11 is 0. The fourth-order valence-electron chi connectivity index (χ4n) is 3.86. The lowest BCUT2D eigenvalue weighted by atomic mass is 10.0. The average molecular weight is 340 g/mol. The van der Waals surface area contributed by atoms with E-state index in [1.54, 1.807) is 21.3 Å². The van der Waals surface area contributed by atoms with E-state index in [9.17, 15) is 0 Å². The van der Waals surface area contributed by atoms with Crippen LogP contribution in [-0.2, 0) is 13.6 Å². The summed E-state index contributed by atoms with van der Waals surface area (Å²) in [6.07, 6.45) is 3.66. The zero-order valence-electron chi connectivity index (χ0n) is 14.6. The van der Waals surface area contributed by atoms with Crippen molar-refractivity contribution in [3.8, 4) is 5.75 Å². The van der Waals surface area contributed by atoms with Gasteiger partial charge in [0.2, 0.25) is 0 Å². The predicted molar refractivity (Wildman–Crippen MR) is 93.7 cm³/mol. The summed E-state index contributed by atoms with van der Waals surface area (Å²) < 4.78 is 24.3. The van der Waals surface area contributed by atoms with Crippen LogP contribution < -0.4 is 10.5 Å². The molecule has 2 rings (SSSR count). The Morgan fingerprint density at radius 3 is 2.57 bits per heavy atom. The molecule has 1 saturated heterocycles. The molecule has 6 heteroatoms. The van der Waals surface area contributed by atoms with Crippen molar-refractivity contribution < 1.29 is 18.3 Å². The molecule has 1 aromatic rings. The Morgan fingerprint density at radius 2 is 2.00 bits per heavy atom. The summed E-state index contributed by atoms with van der Waals surface area (Å²) in [5, 5.41) is -0.520. The Hall–Kier alpha value is -1.08. The van der Waals surface area contributed by atoms with Gasteiger partial charge in [-0.3, -0.25) is 0 Å². The van der Waals surface area contributed by atoms with Gasteiger partial charge in [0.25, 0.3) is 0 Å². The molecule has 130 valence electrons. The van der Waals surface area contributed by atoms with E-state index in [1.807, 2.05) is 24.3 Å². The lowest BCUT2D eigenvalue weighted by Gasteiger charge is -2.51. The fourth-order valence-corrected chi connectivity index (χ4v) is 7.86. The molecule has 1 heterocycles. The quantitative estimate of drug-likeness (QED) is 0.610. The summed E-state index contributed by atoms with van der Waals surface area (Å²) in [4.78, 5) is 0. The van der Waals surface area contributed by atoms with Gasteiger partial charge >= 0.3 is 8.56 Å². The van der Waals surface area contributed by atoms with Crippen molar-refractivity contribution in [2.75, 3.05) is 27.1 Å². The standard InChI is InChI=1S/C17H29NO4Si/c1-5-11-17(19-2)16(10-7-12-23(17,20-3)21-4)22-15-9-6-8-14(18)13-15/h6,8-9,13,16H,5,7,10-12,18H2,1-4H3. The van der Waals surface area contributed by atoms with Gasteiger partial charge < -0.3 is 24.1 Å². The highest BCUT2D eigenvalue weighted by molar-refractivity contribution is 6.71. The van der Waals surface area contributed by atoms with Gasteiger partial charge in [-0.25, -0.2) is 0 Å². The van der Waals surface area contributed by atoms with Crippen molar-refractivity contribution in [3.05, 3.63) is 24.3 Å². The van der Waals surface area contributed by atoms with Crippen molar-refractivity contribution in [2.45, 2.75) is 50.0 Å². The lowest BCUT2D eigenvalue weighted by Crippen LogP contribution is -2.71. The number of benzene rings is 1. The van der Waals surface area contributed by atoms with E-state index in [1.165, 1.54) is 0 Å². The van der Waals surface area contributed by atoms with Crippen LogP contribution >= 0.6 is 0 Å². The number of methoxy groups -OCH3 is 1. The first-order valence-corrected chi connectivity index (χ1v) is 10.3. The summed E-state index contributed by atoms with van der Waals surface area (Å²) in [6.45, 7) is 2.15. The molecule has 0 aromatic heterocycles. The number of nitrogen functional groups attached to an aromatic ring is 1. The Kier molecular flexibility index (Phi) is 6.08. The number of ether oxygens (including phenoxy) is 2. The van der Waals surface area contributed by atoms with Crippen molar-refractivity contribution in [1.82, 2.24) is 0 Å². The van der Waals surface area contributed by atoms with Gasteiger partial charge in [-0.2, -0.15) is 0 Å². The second kappa shape index (κ2) is 7.66. The fraction of sp³-hybridized carbons (Fsp3) is 0.647. The van der Waals surface area contributed by atoms with E-state index >= 15 is 0 Å². The molecular formula is C17H29NO4Si. The molecule has 0 aliphatic carbocycles. The van der Waals surface area contributed by atoms with E-state index in [-0.39, 0.29) is 6.10 Å². The van der Waals surface area contributed by atoms with E-state index in [4.69, 9.17) is 24.1 Å². The van der Waals surface area contributed by atoms with Gasteiger partial charge in [0, 0.05) is 33.1 Å². The van der Waals surface area contributed by atoms with Crippen molar-refractivity contribution in [3.63, 3.8) is 0 Å². The first-order chi connectivity index (χ1) is 11.1. The smallest absolute Gasteiger partial charge is 0.374 e. The molecule has 0 bridgehead atoms. The van der Waals surface area contributed by atoms with Crippen LogP contribution in [0.5, 0.6) is 5.75 Å². The first kappa shape index (κ1) is 18.3. The van der Waals surface area contributed by atoms with E-state index in [0.717, 1.165) is 37.5 Å². The van der Waals surface area contributed by atoms with Gasteiger partial charge in [0.05, 0.1) is 0 Å². The van der Waals surface area contributed by atoms with E-state index < -0.39 is 13.8 Å². The van der Waals surface area contributed by atoms with Gasteiger partial charge in [0.1, 0.15) is 17.1 Å². The maximum absolute atomic E-state index is 6.32. The third-order valence-electron chi connectivity index (χ3n) is 4.92. The minimum Gasteiger partial charge on any atom is -0.487 e. The normalized spacial score (nSPS) is 26.9. The minimum absolute atomic E-state index is 0.102. The van der Waals surface area contributed by atoms with Gasteiger partial charge in [0.15, 0.2) is 0 Å². The molecule has 23 heavy (non-hydrogen) atoms. The molecule has 0 spiro atoms. The number of anilines is 1. The zero-order valence-corrected chi connectivity index (χ0v) is 15.6. The highest BCUT2D eigenvalue weighted by Gasteiger charge is 2.64. The number of hydrogen-bond acceptors (Lipinski definition) is 5. The number of rotatable bonds is 7. The largest absolute Gasteiger partial charge is 0.487 e. The summed E-state index contributed by atoms with van der Waals surface area (Å²) in [5.41, 5.74) is 6.57. The molecule has 2 N–H and O–H groups in total.